The Morgan fingerprint density at radius 2 is 1.81 bits per heavy atom. The predicted octanol–water partition coefficient (Wildman–Crippen LogP) is 1.67. The van der Waals surface area contributed by atoms with Gasteiger partial charge >= 0.3 is 0 Å². The van der Waals surface area contributed by atoms with Crippen LogP contribution in [0.25, 0.3) is 0 Å². The van der Waals surface area contributed by atoms with Crippen molar-refractivity contribution in [2.45, 2.75) is 74.9 Å². The molecule has 7 heteroatoms. The smallest absolute Gasteiger partial charge is 0.246 e. The molecule has 5 aliphatic rings. The van der Waals surface area contributed by atoms with Gasteiger partial charge in [-0.05, 0) is 31.2 Å². The Kier molecular flexibility index (Phi) is 4.64. The molecule has 2 N–H and O–H groups in total. The highest BCUT2D eigenvalue weighted by atomic mass is 16.5. The van der Waals surface area contributed by atoms with Crippen LogP contribution >= 0.6 is 0 Å². The van der Waals surface area contributed by atoms with Crippen LogP contribution in [0.1, 0.15) is 44.1 Å². The first kappa shape index (κ1) is 20.0. The summed E-state index contributed by atoms with van der Waals surface area (Å²) in [6, 6.07) is 9.26. The molecule has 4 fully saturated rings. The summed E-state index contributed by atoms with van der Waals surface area (Å²) in [7, 11) is 0. The normalized spacial score (nSPS) is 35.4. The van der Waals surface area contributed by atoms with E-state index in [9.17, 15) is 14.4 Å². The van der Waals surface area contributed by atoms with Gasteiger partial charge in [-0.15, -0.1) is 0 Å². The molecule has 1 spiro atoms. The van der Waals surface area contributed by atoms with Crippen LogP contribution in [0.2, 0.25) is 0 Å². The molecule has 0 aromatic heterocycles. The molecular formula is C25H29N3O4. The van der Waals surface area contributed by atoms with Crippen molar-refractivity contribution in [2.24, 2.45) is 11.8 Å². The summed E-state index contributed by atoms with van der Waals surface area (Å²) in [5.74, 6) is -1.67. The van der Waals surface area contributed by atoms with Crippen molar-refractivity contribution in [1.82, 2.24) is 15.5 Å². The second-order valence-corrected chi connectivity index (χ2v) is 9.87. The lowest BCUT2D eigenvalue weighted by Gasteiger charge is -2.33. The van der Waals surface area contributed by atoms with Crippen LogP contribution in [0.4, 0.5) is 0 Å². The molecule has 5 atom stereocenters. The maximum Gasteiger partial charge on any atom is 0.246 e. The highest BCUT2D eigenvalue weighted by Gasteiger charge is 2.74. The monoisotopic (exact) mass is 435 g/mol. The molecule has 32 heavy (non-hydrogen) atoms. The van der Waals surface area contributed by atoms with Crippen LogP contribution in [0.3, 0.4) is 0 Å². The zero-order valence-corrected chi connectivity index (χ0v) is 18.0. The van der Waals surface area contributed by atoms with E-state index in [0.717, 1.165) is 44.1 Å². The molecule has 2 aliphatic carbocycles. The highest BCUT2D eigenvalue weighted by molar-refractivity contribution is 6.00. The fraction of sp³-hybridized carbons (Fsp3) is 0.560. The van der Waals surface area contributed by atoms with Gasteiger partial charge in [-0.3, -0.25) is 14.4 Å². The van der Waals surface area contributed by atoms with E-state index in [1.54, 1.807) is 4.90 Å². The molecule has 2 saturated heterocycles. The average Bonchev–Trinajstić information content (AvgIpc) is 3.13. The van der Waals surface area contributed by atoms with Gasteiger partial charge in [0, 0.05) is 18.6 Å². The van der Waals surface area contributed by atoms with Crippen molar-refractivity contribution in [3.05, 3.63) is 48.0 Å². The van der Waals surface area contributed by atoms with Crippen LogP contribution in [0, 0.1) is 11.8 Å². The van der Waals surface area contributed by atoms with Crippen molar-refractivity contribution < 1.29 is 19.1 Å². The van der Waals surface area contributed by atoms with E-state index in [1.807, 2.05) is 42.5 Å². The first-order chi connectivity index (χ1) is 15.6. The van der Waals surface area contributed by atoms with Crippen LogP contribution < -0.4 is 10.6 Å². The van der Waals surface area contributed by atoms with Crippen molar-refractivity contribution in [3.63, 3.8) is 0 Å². The van der Waals surface area contributed by atoms with E-state index in [0.29, 0.717) is 6.54 Å². The molecule has 168 valence electrons. The summed E-state index contributed by atoms with van der Waals surface area (Å²) in [5.41, 5.74) is -0.0386. The molecule has 7 nitrogen and oxygen atoms in total. The molecule has 0 unspecified atom stereocenters. The van der Waals surface area contributed by atoms with E-state index in [4.69, 9.17) is 4.74 Å². The summed E-state index contributed by atoms with van der Waals surface area (Å²) in [6.07, 6.45) is 9.31. The molecule has 2 bridgehead atoms. The summed E-state index contributed by atoms with van der Waals surface area (Å²) in [5, 5.41) is 6.18. The Bertz CT molecular complexity index is 969. The quantitative estimate of drug-likeness (QED) is 0.666. The lowest BCUT2D eigenvalue weighted by atomic mass is 9.74. The standard InChI is InChI=1S/C25H29N3O4/c29-22(26-14-15-6-2-1-3-7-15)19-18-12-13-25(32-18)20(19)24(31)28(17-10-11-17)21(25)23(30)27-16-8-4-5-9-16/h1-3,6-7,12-13,16-21H,4-5,8-11,14H2,(H,26,29)(H,27,30)/t18-,19-,20+,21+,25-/m1/s1. The topological polar surface area (TPSA) is 87.7 Å². The molecule has 0 radical (unpaired) electrons. The number of hydrogen-bond donors (Lipinski definition) is 2. The Labute approximate surface area is 187 Å². The van der Waals surface area contributed by atoms with Gasteiger partial charge in [0.2, 0.25) is 17.7 Å². The number of benzene rings is 1. The molecule has 1 aromatic rings. The van der Waals surface area contributed by atoms with Crippen molar-refractivity contribution in [2.75, 3.05) is 0 Å². The predicted molar refractivity (Wildman–Crippen MR) is 116 cm³/mol. The Morgan fingerprint density at radius 1 is 1.06 bits per heavy atom. The maximum atomic E-state index is 13.6. The first-order valence-corrected chi connectivity index (χ1v) is 11.9. The van der Waals surface area contributed by atoms with E-state index < -0.39 is 29.6 Å². The number of likely N-dealkylation sites (tertiary alicyclic amines) is 1. The lowest BCUT2D eigenvalue weighted by molar-refractivity contribution is -0.142. The first-order valence-electron chi connectivity index (χ1n) is 11.9. The summed E-state index contributed by atoms with van der Waals surface area (Å²) >= 11 is 0. The highest BCUT2D eigenvalue weighted by Crippen LogP contribution is 2.57. The van der Waals surface area contributed by atoms with E-state index in [2.05, 4.69) is 10.6 Å². The molecule has 3 amide bonds. The number of nitrogens with one attached hydrogen (secondary N) is 2. The number of rotatable bonds is 6. The SMILES string of the molecule is O=C(NCc1ccccc1)[C@H]1[C@H]2C(=O)N(C3CC3)[C@@H](C(=O)NC3CCCC3)[C@@]23C=C[C@H]1O3. The van der Waals surface area contributed by atoms with Crippen LogP contribution in [0.5, 0.6) is 0 Å². The van der Waals surface area contributed by atoms with Gasteiger partial charge in [-0.1, -0.05) is 55.3 Å². The number of nitrogens with zero attached hydrogens (tertiary/aromatic N) is 1. The fourth-order valence-corrected chi connectivity index (χ4v) is 6.21. The number of hydrogen-bond acceptors (Lipinski definition) is 4. The van der Waals surface area contributed by atoms with Crippen LogP contribution in [-0.2, 0) is 25.7 Å². The zero-order chi connectivity index (χ0) is 21.9. The third kappa shape index (κ3) is 3.01. The number of carbonyl (C=O) groups is 3. The summed E-state index contributed by atoms with van der Waals surface area (Å²) < 4.78 is 6.35. The van der Waals surface area contributed by atoms with E-state index in [-0.39, 0.29) is 29.8 Å². The maximum absolute atomic E-state index is 13.6. The zero-order valence-electron chi connectivity index (χ0n) is 18.0. The van der Waals surface area contributed by atoms with E-state index in [1.165, 1.54) is 0 Å². The Balaban J connectivity index is 1.26. The van der Waals surface area contributed by atoms with Gasteiger partial charge in [0.05, 0.1) is 17.9 Å². The van der Waals surface area contributed by atoms with Crippen LogP contribution in [-0.4, -0.2) is 52.5 Å². The van der Waals surface area contributed by atoms with E-state index >= 15 is 0 Å². The van der Waals surface area contributed by atoms with Gasteiger partial charge in [0.1, 0.15) is 11.6 Å². The van der Waals surface area contributed by atoms with Gasteiger partial charge in [-0.2, -0.15) is 0 Å². The number of fused-ring (bicyclic) bond motifs is 1. The van der Waals surface area contributed by atoms with Gasteiger partial charge < -0.3 is 20.3 Å². The number of ether oxygens (including phenoxy) is 1. The third-order valence-electron chi connectivity index (χ3n) is 7.81. The van der Waals surface area contributed by atoms with Gasteiger partial charge in [0.15, 0.2) is 0 Å². The Morgan fingerprint density at radius 3 is 2.53 bits per heavy atom. The minimum Gasteiger partial charge on any atom is -0.359 e. The average molecular weight is 436 g/mol. The summed E-state index contributed by atoms with van der Waals surface area (Å²) in [6.45, 7) is 0.401. The third-order valence-corrected chi connectivity index (χ3v) is 7.81. The molecule has 3 aliphatic heterocycles. The second kappa shape index (κ2) is 7.44. The Hall–Kier alpha value is -2.67. The van der Waals surface area contributed by atoms with Crippen molar-refractivity contribution in [1.29, 1.82) is 0 Å². The van der Waals surface area contributed by atoms with Crippen molar-refractivity contribution >= 4 is 17.7 Å². The summed E-state index contributed by atoms with van der Waals surface area (Å²) in [4.78, 5) is 42.1. The molecular weight excluding hydrogens is 406 g/mol. The fourth-order valence-electron chi connectivity index (χ4n) is 6.21. The molecule has 6 rings (SSSR count). The van der Waals surface area contributed by atoms with Crippen molar-refractivity contribution in [3.8, 4) is 0 Å². The van der Waals surface area contributed by atoms with Crippen LogP contribution in [0.15, 0.2) is 42.5 Å². The number of amides is 3. The molecule has 1 aromatic carbocycles. The van der Waals surface area contributed by atoms with Gasteiger partial charge in [0.25, 0.3) is 0 Å². The lowest BCUT2D eigenvalue weighted by Crippen LogP contribution is -2.56. The van der Waals surface area contributed by atoms with Gasteiger partial charge in [-0.25, -0.2) is 0 Å². The minimum absolute atomic E-state index is 0.0749. The molecule has 3 heterocycles. The minimum atomic E-state index is -1.04. The number of carbonyl (C=O) groups excluding carboxylic acids is 3. The second-order valence-electron chi connectivity index (χ2n) is 9.87. The largest absolute Gasteiger partial charge is 0.359 e. The molecule has 2 saturated carbocycles.